The summed E-state index contributed by atoms with van der Waals surface area (Å²) in [5.74, 6) is 0.970. The van der Waals surface area contributed by atoms with E-state index < -0.39 is 0 Å². The summed E-state index contributed by atoms with van der Waals surface area (Å²) in [5, 5.41) is 0. The summed E-state index contributed by atoms with van der Waals surface area (Å²) in [4.78, 5) is 22.5. The predicted octanol–water partition coefficient (Wildman–Crippen LogP) is 2.94. The summed E-state index contributed by atoms with van der Waals surface area (Å²) >= 11 is 0. The van der Waals surface area contributed by atoms with Crippen molar-refractivity contribution < 1.29 is 9.53 Å². The molecule has 124 valence electrons. The molecule has 5 nitrogen and oxygen atoms in total. The maximum Gasteiger partial charge on any atom is 0.253 e. The maximum atomic E-state index is 12.5. The van der Waals surface area contributed by atoms with Crippen LogP contribution in [0.25, 0.3) is 0 Å². The van der Waals surface area contributed by atoms with Gasteiger partial charge in [-0.05, 0) is 55.4 Å². The van der Waals surface area contributed by atoms with Gasteiger partial charge >= 0.3 is 0 Å². The van der Waals surface area contributed by atoms with Gasteiger partial charge in [-0.15, -0.1) is 0 Å². The zero-order valence-corrected chi connectivity index (χ0v) is 13.6. The SMILES string of the molecule is O=C(c1ccncc1)N1CCC2(CC1)CC(Oc1cccnc1)C2. The number of ether oxygens (including phenoxy) is 1. The van der Waals surface area contributed by atoms with E-state index in [0.717, 1.165) is 50.1 Å². The van der Waals surface area contributed by atoms with Crippen molar-refractivity contribution in [2.75, 3.05) is 13.1 Å². The molecule has 1 saturated heterocycles. The number of aromatic nitrogens is 2. The van der Waals surface area contributed by atoms with E-state index in [1.54, 1.807) is 36.9 Å². The lowest BCUT2D eigenvalue weighted by Crippen LogP contribution is -2.52. The minimum Gasteiger partial charge on any atom is -0.489 e. The van der Waals surface area contributed by atoms with Crippen LogP contribution < -0.4 is 4.74 Å². The largest absolute Gasteiger partial charge is 0.489 e. The fourth-order valence-electron chi connectivity index (χ4n) is 3.87. The number of piperidine rings is 1. The Labute approximate surface area is 141 Å². The van der Waals surface area contributed by atoms with Crippen LogP contribution in [0.5, 0.6) is 5.75 Å². The van der Waals surface area contributed by atoms with Gasteiger partial charge in [0.1, 0.15) is 5.75 Å². The summed E-state index contributed by atoms with van der Waals surface area (Å²) in [6, 6.07) is 7.42. The van der Waals surface area contributed by atoms with E-state index in [1.165, 1.54) is 0 Å². The third-order valence-corrected chi connectivity index (χ3v) is 5.30. The zero-order valence-electron chi connectivity index (χ0n) is 13.6. The molecule has 0 aromatic carbocycles. The van der Waals surface area contributed by atoms with Crippen LogP contribution in [-0.4, -0.2) is 40.0 Å². The number of rotatable bonds is 3. The first-order valence-corrected chi connectivity index (χ1v) is 8.50. The van der Waals surface area contributed by atoms with Gasteiger partial charge in [0.15, 0.2) is 0 Å². The quantitative estimate of drug-likeness (QED) is 0.871. The van der Waals surface area contributed by atoms with E-state index in [-0.39, 0.29) is 12.0 Å². The predicted molar refractivity (Wildman–Crippen MR) is 89.7 cm³/mol. The van der Waals surface area contributed by atoms with Crippen molar-refractivity contribution >= 4 is 5.91 Å². The van der Waals surface area contributed by atoms with E-state index in [4.69, 9.17) is 4.74 Å². The van der Waals surface area contributed by atoms with Gasteiger partial charge < -0.3 is 9.64 Å². The van der Waals surface area contributed by atoms with Crippen LogP contribution in [0.15, 0.2) is 49.1 Å². The van der Waals surface area contributed by atoms with Crippen LogP contribution in [0.4, 0.5) is 0 Å². The third-order valence-electron chi connectivity index (χ3n) is 5.30. The maximum absolute atomic E-state index is 12.5. The highest BCUT2D eigenvalue weighted by molar-refractivity contribution is 5.94. The van der Waals surface area contributed by atoms with Gasteiger partial charge in [0.25, 0.3) is 5.91 Å². The molecule has 1 aliphatic carbocycles. The fraction of sp³-hybridized carbons (Fsp3) is 0.421. The Bertz CT molecular complexity index is 689. The summed E-state index contributed by atoms with van der Waals surface area (Å²) in [6.07, 6.45) is 11.4. The highest BCUT2D eigenvalue weighted by atomic mass is 16.5. The number of amides is 1. The fourth-order valence-corrected chi connectivity index (χ4v) is 3.87. The molecule has 1 saturated carbocycles. The summed E-state index contributed by atoms with van der Waals surface area (Å²) in [5.41, 5.74) is 1.09. The van der Waals surface area contributed by atoms with Crippen molar-refractivity contribution in [1.82, 2.24) is 14.9 Å². The second-order valence-electron chi connectivity index (χ2n) is 6.86. The van der Waals surface area contributed by atoms with Crippen LogP contribution in [-0.2, 0) is 0 Å². The summed E-state index contributed by atoms with van der Waals surface area (Å²) < 4.78 is 5.97. The average Bonchev–Trinajstić information content (AvgIpc) is 2.62. The lowest BCUT2D eigenvalue weighted by molar-refractivity contribution is -0.0509. The number of hydrogen-bond donors (Lipinski definition) is 0. The second-order valence-corrected chi connectivity index (χ2v) is 6.86. The van der Waals surface area contributed by atoms with E-state index in [0.29, 0.717) is 5.41 Å². The molecule has 2 fully saturated rings. The number of pyridine rings is 2. The van der Waals surface area contributed by atoms with E-state index >= 15 is 0 Å². The molecule has 5 heteroatoms. The summed E-state index contributed by atoms with van der Waals surface area (Å²) in [6.45, 7) is 1.67. The molecule has 24 heavy (non-hydrogen) atoms. The Kier molecular flexibility index (Phi) is 3.92. The smallest absolute Gasteiger partial charge is 0.253 e. The van der Waals surface area contributed by atoms with Gasteiger partial charge in [0, 0.05) is 37.2 Å². The molecule has 0 radical (unpaired) electrons. The Balaban J connectivity index is 1.29. The molecule has 0 atom stereocenters. The molecule has 3 heterocycles. The van der Waals surface area contributed by atoms with Crippen molar-refractivity contribution in [3.8, 4) is 5.75 Å². The number of carbonyl (C=O) groups excluding carboxylic acids is 1. The highest BCUT2D eigenvalue weighted by Crippen LogP contribution is 2.50. The average molecular weight is 323 g/mol. The van der Waals surface area contributed by atoms with Crippen LogP contribution in [0.2, 0.25) is 0 Å². The first-order valence-electron chi connectivity index (χ1n) is 8.50. The van der Waals surface area contributed by atoms with Gasteiger partial charge in [-0.25, -0.2) is 0 Å². The summed E-state index contributed by atoms with van der Waals surface area (Å²) in [7, 11) is 0. The van der Waals surface area contributed by atoms with E-state index in [2.05, 4.69) is 9.97 Å². The first-order chi connectivity index (χ1) is 11.7. The normalized spacial score (nSPS) is 19.8. The molecule has 2 aromatic heterocycles. The molecular formula is C19H21N3O2. The molecular weight excluding hydrogens is 302 g/mol. The van der Waals surface area contributed by atoms with Crippen molar-refractivity contribution in [1.29, 1.82) is 0 Å². The molecule has 2 aliphatic rings. The van der Waals surface area contributed by atoms with Crippen LogP contribution in [0.3, 0.4) is 0 Å². The third kappa shape index (κ3) is 2.98. The standard InChI is InChI=1S/C19H21N3O2/c23-18(15-3-8-20-9-4-15)22-10-5-19(6-11-22)12-17(13-19)24-16-2-1-7-21-14-16/h1-4,7-9,14,17H,5-6,10-13H2. The second kappa shape index (κ2) is 6.23. The molecule has 1 amide bonds. The Morgan fingerprint density at radius 3 is 2.50 bits per heavy atom. The Morgan fingerprint density at radius 2 is 1.83 bits per heavy atom. The molecule has 4 rings (SSSR count). The van der Waals surface area contributed by atoms with Crippen LogP contribution in [0.1, 0.15) is 36.0 Å². The molecule has 0 bridgehead atoms. The van der Waals surface area contributed by atoms with Crippen molar-refractivity contribution in [2.45, 2.75) is 31.8 Å². The molecule has 2 aromatic rings. The minimum atomic E-state index is 0.120. The molecule has 0 N–H and O–H groups in total. The van der Waals surface area contributed by atoms with E-state index in [1.807, 2.05) is 17.0 Å². The monoisotopic (exact) mass is 323 g/mol. The molecule has 1 aliphatic heterocycles. The first kappa shape index (κ1) is 15.1. The lowest BCUT2D eigenvalue weighted by atomic mass is 9.61. The Morgan fingerprint density at radius 1 is 1.08 bits per heavy atom. The van der Waals surface area contributed by atoms with Crippen LogP contribution >= 0.6 is 0 Å². The van der Waals surface area contributed by atoms with E-state index in [9.17, 15) is 4.79 Å². The number of hydrogen-bond acceptors (Lipinski definition) is 4. The van der Waals surface area contributed by atoms with Gasteiger partial charge in [-0.2, -0.15) is 0 Å². The Hall–Kier alpha value is -2.43. The van der Waals surface area contributed by atoms with Crippen molar-refractivity contribution in [3.63, 3.8) is 0 Å². The number of nitrogens with zero attached hydrogens (tertiary/aromatic N) is 3. The van der Waals surface area contributed by atoms with Gasteiger partial charge in [-0.3, -0.25) is 14.8 Å². The van der Waals surface area contributed by atoms with Crippen molar-refractivity contribution in [2.24, 2.45) is 5.41 Å². The highest BCUT2D eigenvalue weighted by Gasteiger charge is 2.47. The number of carbonyl (C=O) groups is 1. The zero-order chi connectivity index (χ0) is 16.4. The molecule has 0 unspecified atom stereocenters. The molecule has 1 spiro atoms. The van der Waals surface area contributed by atoms with Gasteiger partial charge in [0.05, 0.1) is 12.3 Å². The van der Waals surface area contributed by atoms with Gasteiger partial charge in [0.2, 0.25) is 0 Å². The minimum absolute atomic E-state index is 0.120. The van der Waals surface area contributed by atoms with Gasteiger partial charge in [-0.1, -0.05) is 0 Å². The lowest BCUT2D eigenvalue weighted by Gasteiger charge is -2.51. The number of likely N-dealkylation sites (tertiary alicyclic amines) is 1. The topological polar surface area (TPSA) is 55.3 Å². The van der Waals surface area contributed by atoms with Crippen molar-refractivity contribution in [3.05, 3.63) is 54.6 Å². The van der Waals surface area contributed by atoms with Crippen LogP contribution in [0, 0.1) is 5.41 Å².